The third-order valence-corrected chi connectivity index (χ3v) is 10.4. The van der Waals surface area contributed by atoms with E-state index >= 15 is 4.57 Å². The third kappa shape index (κ3) is 3.48. The molecule has 0 N–H and O–H groups in total. The van der Waals surface area contributed by atoms with E-state index in [-0.39, 0.29) is 5.78 Å². The van der Waals surface area contributed by atoms with Crippen molar-refractivity contribution >= 4 is 30.2 Å². The summed E-state index contributed by atoms with van der Waals surface area (Å²) in [4.78, 5) is 3.52. The second kappa shape index (κ2) is 8.56. The molecule has 3 aromatic rings. The number of hydrogen-bond acceptors (Lipinski definition) is 4. The Morgan fingerprint density at radius 2 is 1.33 bits per heavy atom. The summed E-state index contributed by atoms with van der Waals surface area (Å²) in [7, 11) is -3.05. The Morgan fingerprint density at radius 3 is 1.83 bits per heavy atom. The van der Waals surface area contributed by atoms with Crippen molar-refractivity contribution in [1.82, 2.24) is 4.90 Å². The highest BCUT2D eigenvalue weighted by atomic mass is 32.1. The van der Waals surface area contributed by atoms with Crippen LogP contribution in [-0.4, -0.2) is 44.3 Å². The summed E-state index contributed by atoms with van der Waals surface area (Å²) < 4.78 is 25.3. The molecule has 0 amide bonds. The van der Waals surface area contributed by atoms with Gasteiger partial charge in [0.05, 0.1) is 13.2 Å². The lowest BCUT2D eigenvalue weighted by Crippen LogP contribution is -2.42. The standard InChI is InChI=1S/C23H26N3O2PS/c27-29(23(22-12-7-19-30-22)24-15-17-28-18-16-24)25(20-8-3-1-4-9-20)13-14-26(29)21-10-5-2-6-11-21/h1-12,19,23H,13-18H2. The number of hydrogen-bond donors (Lipinski definition) is 0. The first kappa shape index (κ1) is 19.8. The van der Waals surface area contributed by atoms with E-state index in [0.29, 0.717) is 13.2 Å². The summed E-state index contributed by atoms with van der Waals surface area (Å²) in [6.07, 6.45) is 0. The normalized spacial score (nSPS) is 20.4. The van der Waals surface area contributed by atoms with Gasteiger partial charge in [-0.2, -0.15) is 0 Å². The minimum Gasteiger partial charge on any atom is -0.379 e. The number of anilines is 2. The zero-order valence-corrected chi connectivity index (χ0v) is 18.6. The van der Waals surface area contributed by atoms with Crippen LogP contribution in [0.1, 0.15) is 10.7 Å². The van der Waals surface area contributed by atoms with E-state index in [1.165, 1.54) is 0 Å². The molecule has 7 heteroatoms. The van der Waals surface area contributed by atoms with E-state index < -0.39 is 7.44 Å². The van der Waals surface area contributed by atoms with Crippen LogP contribution in [0.15, 0.2) is 78.2 Å². The van der Waals surface area contributed by atoms with Gasteiger partial charge in [0.25, 0.3) is 7.44 Å². The average molecular weight is 440 g/mol. The van der Waals surface area contributed by atoms with Gasteiger partial charge in [0.1, 0.15) is 5.78 Å². The first-order valence-electron chi connectivity index (χ1n) is 10.4. The maximum Gasteiger partial charge on any atom is 0.285 e. The van der Waals surface area contributed by atoms with Gasteiger partial charge in [0.15, 0.2) is 0 Å². The van der Waals surface area contributed by atoms with E-state index in [1.54, 1.807) is 11.3 Å². The number of benzene rings is 2. The second-order valence-corrected chi connectivity index (χ2v) is 11.2. The molecule has 0 radical (unpaired) electrons. The minimum absolute atomic E-state index is 0.190. The van der Waals surface area contributed by atoms with Crippen molar-refractivity contribution < 1.29 is 9.30 Å². The molecule has 3 heterocycles. The van der Waals surface area contributed by atoms with Gasteiger partial charge >= 0.3 is 0 Å². The fourth-order valence-electron chi connectivity index (χ4n) is 4.48. The van der Waals surface area contributed by atoms with Crippen LogP contribution in [0.25, 0.3) is 0 Å². The van der Waals surface area contributed by atoms with Crippen molar-refractivity contribution in [2.75, 3.05) is 48.7 Å². The van der Waals surface area contributed by atoms with Crippen LogP contribution >= 0.6 is 18.8 Å². The number of para-hydroxylation sites is 2. The Bertz CT molecular complexity index is 942. The SMILES string of the molecule is O=P1(C(c2cccs2)N2CCOCC2)N(c2ccccc2)CCN1c1ccccc1. The Hall–Kier alpha value is -2.11. The van der Waals surface area contributed by atoms with Crippen LogP contribution in [-0.2, 0) is 9.30 Å². The Labute approximate surface area is 182 Å². The van der Waals surface area contributed by atoms with E-state index in [2.05, 4.69) is 56.0 Å². The van der Waals surface area contributed by atoms with E-state index in [4.69, 9.17) is 4.74 Å². The fourth-order valence-corrected chi connectivity index (χ4v) is 9.36. The Kier molecular flexibility index (Phi) is 5.66. The smallest absolute Gasteiger partial charge is 0.285 e. The molecule has 2 fully saturated rings. The fraction of sp³-hybridized carbons (Fsp3) is 0.304. The van der Waals surface area contributed by atoms with Gasteiger partial charge in [0.2, 0.25) is 0 Å². The van der Waals surface area contributed by atoms with Gasteiger partial charge in [0, 0.05) is 42.4 Å². The molecule has 0 saturated carbocycles. The number of nitrogens with zero attached hydrogens (tertiary/aromatic N) is 3. The van der Waals surface area contributed by atoms with Crippen LogP contribution in [0.2, 0.25) is 0 Å². The van der Waals surface area contributed by atoms with Gasteiger partial charge in [-0.1, -0.05) is 42.5 Å². The highest BCUT2D eigenvalue weighted by Gasteiger charge is 2.52. The number of rotatable bonds is 5. The predicted molar refractivity (Wildman–Crippen MR) is 125 cm³/mol. The topological polar surface area (TPSA) is 36.0 Å². The molecular weight excluding hydrogens is 413 g/mol. The molecule has 1 atom stereocenters. The van der Waals surface area contributed by atoms with Crippen molar-refractivity contribution in [3.63, 3.8) is 0 Å². The highest BCUT2D eigenvalue weighted by Crippen LogP contribution is 2.70. The van der Waals surface area contributed by atoms with E-state index in [0.717, 1.165) is 42.4 Å². The van der Waals surface area contributed by atoms with Crippen molar-refractivity contribution in [2.24, 2.45) is 0 Å². The van der Waals surface area contributed by atoms with Crippen LogP contribution in [0.3, 0.4) is 0 Å². The zero-order valence-electron chi connectivity index (χ0n) is 16.8. The molecule has 5 nitrogen and oxygen atoms in total. The summed E-state index contributed by atoms with van der Waals surface area (Å²) >= 11 is 1.70. The zero-order chi connectivity index (χ0) is 20.4. The van der Waals surface area contributed by atoms with Crippen molar-refractivity contribution in [3.05, 3.63) is 83.1 Å². The van der Waals surface area contributed by atoms with Gasteiger partial charge in [-0.25, -0.2) is 0 Å². The molecular formula is C23H26N3O2PS. The average Bonchev–Trinajstić information content (AvgIpc) is 3.44. The van der Waals surface area contributed by atoms with E-state index in [1.807, 2.05) is 36.4 Å². The number of morpholine rings is 1. The van der Waals surface area contributed by atoms with Crippen molar-refractivity contribution in [1.29, 1.82) is 0 Å². The molecule has 2 aromatic carbocycles. The molecule has 1 unspecified atom stereocenters. The monoisotopic (exact) mass is 439 g/mol. The maximum absolute atomic E-state index is 15.4. The quantitative estimate of drug-likeness (QED) is 0.504. The Balaban J connectivity index is 1.66. The predicted octanol–water partition coefficient (Wildman–Crippen LogP) is 5.30. The van der Waals surface area contributed by atoms with E-state index in [9.17, 15) is 0 Å². The van der Waals surface area contributed by atoms with Crippen LogP contribution in [0, 0.1) is 0 Å². The lowest BCUT2D eigenvalue weighted by Gasteiger charge is -2.43. The van der Waals surface area contributed by atoms with Gasteiger partial charge in [-0.3, -0.25) is 9.46 Å². The molecule has 2 aliphatic heterocycles. The summed E-state index contributed by atoms with van der Waals surface area (Å²) in [5.74, 6) is -0.190. The third-order valence-electron chi connectivity index (χ3n) is 5.83. The molecule has 30 heavy (non-hydrogen) atoms. The van der Waals surface area contributed by atoms with Gasteiger partial charge < -0.3 is 14.1 Å². The molecule has 2 saturated heterocycles. The highest BCUT2D eigenvalue weighted by molar-refractivity contribution is 7.68. The van der Waals surface area contributed by atoms with Crippen LogP contribution < -0.4 is 9.34 Å². The van der Waals surface area contributed by atoms with Gasteiger partial charge in [-0.05, 0) is 35.7 Å². The number of thiophene rings is 1. The maximum atomic E-state index is 15.4. The first-order chi connectivity index (χ1) is 14.8. The molecule has 1 aromatic heterocycles. The van der Waals surface area contributed by atoms with Crippen molar-refractivity contribution in [3.8, 4) is 0 Å². The summed E-state index contributed by atoms with van der Waals surface area (Å²) in [6.45, 7) is 4.41. The largest absolute Gasteiger partial charge is 0.379 e. The molecule has 5 rings (SSSR count). The molecule has 0 bridgehead atoms. The van der Waals surface area contributed by atoms with Crippen molar-refractivity contribution in [2.45, 2.75) is 5.78 Å². The first-order valence-corrected chi connectivity index (χ1v) is 13.0. The molecule has 0 aliphatic carbocycles. The Morgan fingerprint density at radius 1 is 0.767 bits per heavy atom. The molecule has 156 valence electrons. The summed E-state index contributed by atoms with van der Waals surface area (Å²) in [6, 6.07) is 24.6. The minimum atomic E-state index is -3.05. The van der Waals surface area contributed by atoms with Crippen LogP contribution in [0.4, 0.5) is 11.4 Å². The van der Waals surface area contributed by atoms with Gasteiger partial charge in [-0.15, -0.1) is 11.3 Å². The molecule has 0 spiro atoms. The summed E-state index contributed by atoms with van der Waals surface area (Å²) in [5, 5.41) is 2.09. The second-order valence-electron chi connectivity index (χ2n) is 7.54. The molecule has 2 aliphatic rings. The lowest BCUT2D eigenvalue weighted by molar-refractivity contribution is 0.0308. The van der Waals surface area contributed by atoms with Crippen LogP contribution in [0.5, 0.6) is 0 Å². The number of ether oxygens (including phenoxy) is 1. The lowest BCUT2D eigenvalue weighted by atomic mass is 10.3. The summed E-state index contributed by atoms with van der Waals surface area (Å²) in [5.41, 5.74) is 2.04.